The minimum Gasteiger partial charge on any atom is -0.291 e. The summed E-state index contributed by atoms with van der Waals surface area (Å²) in [5.41, 5.74) is 1.61. The van der Waals surface area contributed by atoms with E-state index in [0.717, 1.165) is 37.1 Å². The van der Waals surface area contributed by atoms with Gasteiger partial charge in [-0.15, -0.1) is 11.3 Å². The first-order valence-electron chi connectivity index (χ1n) is 8.49. The minimum absolute atomic E-state index is 0.255. The Kier molecular flexibility index (Phi) is 7.74. The highest BCUT2D eigenvalue weighted by Crippen LogP contribution is 2.15. The zero-order valence-electron chi connectivity index (χ0n) is 14.4. The SMILES string of the molecule is CCNS(=O)(=O)CC(=O)c1csc(CCCCCc2ccccc2)n1. The predicted octanol–water partition coefficient (Wildman–Crippen LogP) is 3.22. The molecule has 1 aromatic carbocycles. The molecule has 136 valence electrons. The number of nitrogens with one attached hydrogen (secondary N) is 1. The molecule has 1 N–H and O–H groups in total. The molecule has 0 atom stereocenters. The lowest BCUT2D eigenvalue weighted by Gasteiger charge is -2.02. The molecule has 0 unspecified atom stereocenters. The Morgan fingerprint density at radius 2 is 1.84 bits per heavy atom. The zero-order chi connectivity index (χ0) is 18.1. The second-order valence-electron chi connectivity index (χ2n) is 5.85. The molecule has 0 fully saturated rings. The number of thiazole rings is 1. The van der Waals surface area contributed by atoms with Crippen molar-refractivity contribution in [2.45, 2.75) is 39.0 Å². The fourth-order valence-corrected chi connectivity index (χ4v) is 4.38. The second-order valence-corrected chi connectivity index (χ2v) is 8.60. The van der Waals surface area contributed by atoms with E-state index < -0.39 is 21.6 Å². The monoisotopic (exact) mass is 380 g/mol. The number of ketones is 1. The normalized spacial score (nSPS) is 11.6. The molecule has 25 heavy (non-hydrogen) atoms. The van der Waals surface area contributed by atoms with Gasteiger partial charge in [0.05, 0.1) is 5.01 Å². The molecule has 1 heterocycles. The average molecular weight is 381 g/mol. The molecule has 0 amide bonds. The van der Waals surface area contributed by atoms with E-state index in [1.807, 2.05) is 6.07 Å². The zero-order valence-corrected chi connectivity index (χ0v) is 16.0. The van der Waals surface area contributed by atoms with Crippen molar-refractivity contribution in [3.63, 3.8) is 0 Å². The van der Waals surface area contributed by atoms with Crippen molar-refractivity contribution >= 4 is 27.1 Å². The Labute approximate surface area is 153 Å². The molecular weight excluding hydrogens is 356 g/mol. The molecule has 1 aromatic heterocycles. The van der Waals surface area contributed by atoms with Crippen molar-refractivity contribution < 1.29 is 13.2 Å². The molecule has 0 radical (unpaired) electrons. The highest BCUT2D eigenvalue weighted by Gasteiger charge is 2.19. The predicted molar refractivity (Wildman–Crippen MR) is 102 cm³/mol. The first-order chi connectivity index (χ1) is 12.0. The van der Waals surface area contributed by atoms with Crippen LogP contribution in [0.1, 0.15) is 47.2 Å². The van der Waals surface area contributed by atoms with Gasteiger partial charge >= 0.3 is 0 Å². The van der Waals surface area contributed by atoms with E-state index in [1.165, 1.54) is 16.9 Å². The van der Waals surface area contributed by atoms with Gasteiger partial charge in [0.2, 0.25) is 10.0 Å². The molecule has 7 heteroatoms. The van der Waals surface area contributed by atoms with Crippen LogP contribution in [0.4, 0.5) is 0 Å². The summed E-state index contributed by atoms with van der Waals surface area (Å²) in [5, 5.41) is 2.55. The lowest BCUT2D eigenvalue weighted by molar-refractivity contribution is 0.101. The van der Waals surface area contributed by atoms with Crippen molar-refractivity contribution in [3.8, 4) is 0 Å². The lowest BCUT2D eigenvalue weighted by atomic mass is 10.1. The van der Waals surface area contributed by atoms with Crippen molar-refractivity contribution in [2.75, 3.05) is 12.3 Å². The standard InChI is InChI=1S/C18H24N2O3S2/c1-2-19-25(22,23)14-17(21)16-13-24-18(20-16)12-8-4-7-11-15-9-5-3-6-10-15/h3,5-6,9-10,13,19H,2,4,7-8,11-12,14H2,1H3. The van der Waals surface area contributed by atoms with Crippen LogP contribution < -0.4 is 4.72 Å². The molecule has 0 aliphatic rings. The summed E-state index contributed by atoms with van der Waals surface area (Å²) < 4.78 is 25.6. The lowest BCUT2D eigenvalue weighted by Crippen LogP contribution is -2.30. The quantitative estimate of drug-likeness (QED) is 0.480. The Morgan fingerprint density at radius 1 is 1.12 bits per heavy atom. The summed E-state index contributed by atoms with van der Waals surface area (Å²) >= 11 is 1.42. The fraction of sp³-hybridized carbons (Fsp3) is 0.444. The Bertz CT molecular complexity index is 771. The Hall–Kier alpha value is -1.57. The summed E-state index contributed by atoms with van der Waals surface area (Å²) in [6, 6.07) is 10.4. The summed E-state index contributed by atoms with van der Waals surface area (Å²) in [5.74, 6) is -0.992. The van der Waals surface area contributed by atoms with Gasteiger partial charge < -0.3 is 0 Å². The summed E-state index contributed by atoms with van der Waals surface area (Å²) in [6.45, 7) is 1.96. The van der Waals surface area contributed by atoms with Crippen LogP contribution >= 0.6 is 11.3 Å². The first-order valence-corrected chi connectivity index (χ1v) is 11.0. The van der Waals surface area contributed by atoms with Crippen LogP contribution in [-0.2, 0) is 22.9 Å². The van der Waals surface area contributed by atoms with E-state index >= 15 is 0 Å². The molecular formula is C18H24N2O3S2. The molecule has 0 bridgehead atoms. The van der Waals surface area contributed by atoms with E-state index in [2.05, 4.69) is 34.0 Å². The minimum atomic E-state index is -3.56. The van der Waals surface area contributed by atoms with Crippen LogP contribution in [0.5, 0.6) is 0 Å². The maximum absolute atomic E-state index is 12.0. The van der Waals surface area contributed by atoms with Gasteiger partial charge in [0.25, 0.3) is 0 Å². The third kappa shape index (κ3) is 7.05. The van der Waals surface area contributed by atoms with Crippen LogP contribution in [0.2, 0.25) is 0 Å². The molecule has 0 aliphatic heterocycles. The number of carbonyl (C=O) groups excluding carboxylic acids is 1. The first kappa shape index (κ1) is 19.8. The fourth-order valence-electron chi connectivity index (χ4n) is 2.50. The van der Waals surface area contributed by atoms with Crippen LogP contribution in [0, 0.1) is 0 Å². The number of aryl methyl sites for hydroxylation is 2. The summed E-state index contributed by atoms with van der Waals surface area (Å²) in [7, 11) is -3.56. The third-order valence-corrected chi connectivity index (χ3v) is 6.00. The average Bonchev–Trinajstić information content (AvgIpc) is 3.04. The van der Waals surface area contributed by atoms with Gasteiger partial charge in [0.1, 0.15) is 11.4 Å². The summed E-state index contributed by atoms with van der Waals surface area (Å²) in [4.78, 5) is 16.3. The van der Waals surface area contributed by atoms with Crippen molar-refractivity contribution in [1.29, 1.82) is 0 Å². The molecule has 0 aliphatic carbocycles. The van der Waals surface area contributed by atoms with Crippen LogP contribution in [-0.4, -0.2) is 31.5 Å². The third-order valence-electron chi connectivity index (χ3n) is 3.72. The summed E-state index contributed by atoms with van der Waals surface area (Å²) in [6.07, 6.45) is 5.15. The van der Waals surface area contributed by atoms with Crippen LogP contribution in [0.3, 0.4) is 0 Å². The molecule has 0 spiro atoms. The Balaban J connectivity index is 1.73. The van der Waals surface area contributed by atoms with E-state index in [1.54, 1.807) is 12.3 Å². The van der Waals surface area contributed by atoms with E-state index in [-0.39, 0.29) is 12.2 Å². The highest BCUT2D eigenvalue weighted by molar-refractivity contribution is 7.90. The number of sulfonamides is 1. The molecule has 0 saturated heterocycles. The molecule has 2 rings (SSSR count). The maximum Gasteiger partial charge on any atom is 0.219 e. The number of benzene rings is 1. The van der Waals surface area contributed by atoms with Gasteiger partial charge in [0.15, 0.2) is 5.78 Å². The van der Waals surface area contributed by atoms with E-state index in [9.17, 15) is 13.2 Å². The maximum atomic E-state index is 12.0. The number of carbonyl (C=O) groups is 1. The van der Waals surface area contributed by atoms with Crippen molar-refractivity contribution in [2.24, 2.45) is 0 Å². The largest absolute Gasteiger partial charge is 0.291 e. The topological polar surface area (TPSA) is 76.1 Å². The van der Waals surface area contributed by atoms with Crippen molar-refractivity contribution in [3.05, 3.63) is 52.0 Å². The second kappa shape index (κ2) is 9.79. The van der Waals surface area contributed by atoms with E-state index in [4.69, 9.17) is 0 Å². The van der Waals surface area contributed by atoms with Crippen molar-refractivity contribution in [1.82, 2.24) is 9.71 Å². The van der Waals surface area contributed by atoms with Gasteiger partial charge in [-0.25, -0.2) is 18.1 Å². The molecule has 0 saturated carbocycles. The number of hydrogen-bond acceptors (Lipinski definition) is 5. The number of aromatic nitrogens is 1. The molecule has 5 nitrogen and oxygen atoms in total. The van der Waals surface area contributed by atoms with Crippen LogP contribution in [0.25, 0.3) is 0 Å². The Morgan fingerprint density at radius 3 is 2.56 bits per heavy atom. The van der Waals surface area contributed by atoms with E-state index in [0.29, 0.717) is 0 Å². The number of unbranched alkanes of at least 4 members (excludes halogenated alkanes) is 2. The number of nitrogens with zero attached hydrogens (tertiary/aromatic N) is 1. The molecule has 2 aromatic rings. The van der Waals surface area contributed by atoms with Gasteiger partial charge in [-0.05, 0) is 31.2 Å². The van der Waals surface area contributed by atoms with Gasteiger partial charge in [-0.1, -0.05) is 43.7 Å². The number of hydrogen-bond donors (Lipinski definition) is 1. The number of Topliss-reactive ketones (excluding diaryl/α,β-unsaturated/α-hetero) is 1. The van der Waals surface area contributed by atoms with Gasteiger partial charge in [-0.2, -0.15) is 0 Å². The van der Waals surface area contributed by atoms with Gasteiger partial charge in [-0.3, -0.25) is 4.79 Å². The smallest absolute Gasteiger partial charge is 0.219 e. The highest BCUT2D eigenvalue weighted by atomic mass is 32.2. The number of rotatable bonds is 11. The van der Waals surface area contributed by atoms with Gasteiger partial charge in [0, 0.05) is 11.9 Å². The van der Waals surface area contributed by atoms with Crippen LogP contribution in [0.15, 0.2) is 35.7 Å².